The van der Waals surface area contributed by atoms with Gasteiger partial charge >= 0.3 is 0 Å². The van der Waals surface area contributed by atoms with Crippen LogP contribution in [0.5, 0.6) is 0 Å². The molecule has 0 atom stereocenters. The molecule has 0 saturated heterocycles. The molecule has 96 valence electrons. The van der Waals surface area contributed by atoms with Crippen molar-refractivity contribution in [2.24, 2.45) is 0 Å². The van der Waals surface area contributed by atoms with Gasteiger partial charge in [-0.05, 0) is 23.8 Å². The molecular formula is C14H17FN2S. The van der Waals surface area contributed by atoms with E-state index in [4.69, 9.17) is 5.73 Å². The quantitative estimate of drug-likeness (QED) is 0.839. The Labute approximate surface area is 111 Å². The molecule has 18 heavy (non-hydrogen) atoms. The Hall–Kier alpha value is -1.42. The van der Waals surface area contributed by atoms with Gasteiger partial charge in [-0.25, -0.2) is 9.37 Å². The van der Waals surface area contributed by atoms with E-state index in [1.165, 1.54) is 12.1 Å². The highest BCUT2D eigenvalue weighted by molar-refractivity contribution is 7.09. The van der Waals surface area contributed by atoms with Crippen LogP contribution in [0.15, 0.2) is 23.6 Å². The van der Waals surface area contributed by atoms with E-state index in [9.17, 15) is 4.39 Å². The minimum atomic E-state index is -0.258. The second-order valence-electron chi connectivity index (χ2n) is 5.40. The van der Waals surface area contributed by atoms with Gasteiger partial charge in [0, 0.05) is 22.9 Å². The highest BCUT2D eigenvalue weighted by Gasteiger charge is 2.17. The Morgan fingerprint density at radius 3 is 2.67 bits per heavy atom. The number of hydrogen-bond donors (Lipinski definition) is 1. The van der Waals surface area contributed by atoms with Gasteiger partial charge in [-0.15, -0.1) is 11.3 Å². The fraction of sp³-hybridized carbons (Fsp3) is 0.357. The van der Waals surface area contributed by atoms with Crippen LogP contribution in [0.3, 0.4) is 0 Å². The van der Waals surface area contributed by atoms with Crippen molar-refractivity contribution in [3.05, 3.63) is 45.7 Å². The van der Waals surface area contributed by atoms with Crippen LogP contribution in [0.4, 0.5) is 10.1 Å². The fourth-order valence-electron chi connectivity index (χ4n) is 1.63. The Morgan fingerprint density at radius 2 is 2.06 bits per heavy atom. The maximum Gasteiger partial charge on any atom is 0.123 e. The third-order valence-electron chi connectivity index (χ3n) is 2.77. The molecule has 2 nitrogen and oxygen atoms in total. The first-order valence-corrected chi connectivity index (χ1v) is 6.73. The lowest BCUT2D eigenvalue weighted by molar-refractivity contribution is 0.571. The van der Waals surface area contributed by atoms with Crippen LogP contribution < -0.4 is 5.73 Å². The van der Waals surface area contributed by atoms with Crippen LogP contribution in [-0.2, 0) is 11.8 Å². The second-order valence-corrected chi connectivity index (χ2v) is 6.34. The summed E-state index contributed by atoms with van der Waals surface area (Å²) in [5, 5.41) is 3.03. The summed E-state index contributed by atoms with van der Waals surface area (Å²) in [6, 6.07) is 4.46. The summed E-state index contributed by atoms with van der Waals surface area (Å²) in [5.74, 6) is -0.258. The standard InChI is InChI=1S/C14H17FN2S/c1-14(2,3)12-8-18-13(17-12)7-9-6-10(15)4-5-11(9)16/h4-6,8H,7,16H2,1-3H3. The molecule has 0 aliphatic rings. The van der Waals surface area contributed by atoms with Gasteiger partial charge in [0.1, 0.15) is 5.82 Å². The summed E-state index contributed by atoms with van der Waals surface area (Å²) in [6.07, 6.45) is 0.588. The largest absolute Gasteiger partial charge is 0.398 e. The number of thiazole rings is 1. The van der Waals surface area contributed by atoms with Crippen molar-refractivity contribution in [3.63, 3.8) is 0 Å². The van der Waals surface area contributed by atoms with E-state index in [1.807, 2.05) is 0 Å². The minimum Gasteiger partial charge on any atom is -0.398 e. The molecule has 0 aliphatic carbocycles. The predicted octanol–water partition coefficient (Wildman–Crippen LogP) is 3.75. The molecule has 0 spiro atoms. The van der Waals surface area contributed by atoms with Crippen molar-refractivity contribution in [2.45, 2.75) is 32.6 Å². The van der Waals surface area contributed by atoms with Crippen LogP contribution in [-0.4, -0.2) is 4.98 Å². The van der Waals surface area contributed by atoms with Gasteiger partial charge in [-0.1, -0.05) is 20.8 Å². The SMILES string of the molecule is CC(C)(C)c1csc(Cc2cc(F)ccc2N)n1. The number of nitrogen functional groups attached to an aromatic ring is 1. The lowest BCUT2D eigenvalue weighted by Crippen LogP contribution is -2.11. The average molecular weight is 264 g/mol. The van der Waals surface area contributed by atoms with Gasteiger partial charge in [-0.2, -0.15) is 0 Å². The van der Waals surface area contributed by atoms with Gasteiger partial charge in [0.05, 0.1) is 10.7 Å². The lowest BCUT2D eigenvalue weighted by atomic mass is 9.93. The second kappa shape index (κ2) is 4.69. The molecule has 0 saturated carbocycles. The van der Waals surface area contributed by atoms with Crippen molar-refractivity contribution >= 4 is 17.0 Å². The summed E-state index contributed by atoms with van der Waals surface area (Å²) in [5.41, 5.74) is 8.36. The number of benzene rings is 1. The molecule has 2 rings (SSSR count). The van der Waals surface area contributed by atoms with Gasteiger partial charge in [-0.3, -0.25) is 0 Å². The summed E-state index contributed by atoms with van der Waals surface area (Å²) >= 11 is 1.60. The van der Waals surface area contributed by atoms with Crippen molar-refractivity contribution in [1.29, 1.82) is 0 Å². The van der Waals surface area contributed by atoms with E-state index < -0.39 is 0 Å². The molecule has 0 radical (unpaired) electrons. The van der Waals surface area contributed by atoms with E-state index in [1.54, 1.807) is 17.4 Å². The number of rotatable bonds is 2. The molecule has 2 N–H and O–H groups in total. The summed E-state index contributed by atoms with van der Waals surface area (Å²) < 4.78 is 13.2. The molecule has 4 heteroatoms. The summed E-state index contributed by atoms with van der Waals surface area (Å²) in [4.78, 5) is 4.59. The van der Waals surface area contributed by atoms with Crippen LogP contribution >= 0.6 is 11.3 Å². The Bertz CT molecular complexity index is 555. The van der Waals surface area contributed by atoms with Crippen LogP contribution in [0.1, 0.15) is 37.0 Å². The molecule has 0 fully saturated rings. The first-order valence-electron chi connectivity index (χ1n) is 5.85. The zero-order valence-corrected chi connectivity index (χ0v) is 11.6. The van der Waals surface area contributed by atoms with E-state index in [2.05, 4.69) is 31.1 Å². The third kappa shape index (κ3) is 2.88. The van der Waals surface area contributed by atoms with Crippen molar-refractivity contribution in [2.75, 3.05) is 5.73 Å². The maximum atomic E-state index is 13.2. The molecule has 2 aromatic rings. The number of nitrogens with zero attached hydrogens (tertiary/aromatic N) is 1. The molecule has 1 heterocycles. The van der Waals surface area contributed by atoms with Gasteiger partial charge < -0.3 is 5.73 Å². The molecule has 0 aliphatic heterocycles. The Balaban J connectivity index is 2.24. The highest BCUT2D eigenvalue weighted by Crippen LogP contribution is 2.26. The number of hydrogen-bond acceptors (Lipinski definition) is 3. The Kier molecular flexibility index (Phi) is 3.39. The molecule has 1 aromatic carbocycles. The maximum absolute atomic E-state index is 13.2. The molecule has 1 aromatic heterocycles. The van der Waals surface area contributed by atoms with Crippen molar-refractivity contribution < 1.29 is 4.39 Å². The van der Waals surface area contributed by atoms with E-state index in [-0.39, 0.29) is 11.2 Å². The van der Waals surface area contributed by atoms with Crippen molar-refractivity contribution in [3.8, 4) is 0 Å². The Morgan fingerprint density at radius 1 is 1.33 bits per heavy atom. The molecule has 0 unspecified atom stereocenters. The number of aromatic nitrogens is 1. The third-order valence-corrected chi connectivity index (χ3v) is 3.62. The van der Waals surface area contributed by atoms with Gasteiger partial charge in [0.25, 0.3) is 0 Å². The monoisotopic (exact) mass is 264 g/mol. The predicted molar refractivity (Wildman–Crippen MR) is 74.4 cm³/mol. The van der Waals surface area contributed by atoms with Crippen LogP contribution in [0, 0.1) is 5.82 Å². The summed E-state index contributed by atoms with van der Waals surface area (Å²) in [7, 11) is 0. The van der Waals surface area contributed by atoms with Gasteiger partial charge in [0.15, 0.2) is 0 Å². The summed E-state index contributed by atoms with van der Waals surface area (Å²) in [6.45, 7) is 6.38. The zero-order chi connectivity index (χ0) is 13.3. The molecule has 0 bridgehead atoms. The first kappa shape index (κ1) is 13.0. The van der Waals surface area contributed by atoms with Gasteiger partial charge in [0.2, 0.25) is 0 Å². The molecular weight excluding hydrogens is 247 g/mol. The zero-order valence-electron chi connectivity index (χ0n) is 10.8. The molecule has 0 amide bonds. The average Bonchev–Trinajstić information content (AvgIpc) is 2.71. The normalized spacial score (nSPS) is 11.8. The van der Waals surface area contributed by atoms with Crippen LogP contribution in [0.25, 0.3) is 0 Å². The smallest absolute Gasteiger partial charge is 0.123 e. The van der Waals surface area contributed by atoms with E-state index in [0.29, 0.717) is 12.1 Å². The topological polar surface area (TPSA) is 38.9 Å². The minimum absolute atomic E-state index is 0.0439. The fourth-order valence-corrected chi connectivity index (χ4v) is 2.67. The number of anilines is 1. The lowest BCUT2D eigenvalue weighted by Gasteiger charge is -2.14. The van der Waals surface area contributed by atoms with E-state index >= 15 is 0 Å². The number of halogens is 1. The van der Waals surface area contributed by atoms with Crippen molar-refractivity contribution in [1.82, 2.24) is 4.98 Å². The van der Waals surface area contributed by atoms with E-state index in [0.717, 1.165) is 16.3 Å². The first-order chi connectivity index (χ1) is 8.36. The van der Waals surface area contributed by atoms with Crippen LogP contribution in [0.2, 0.25) is 0 Å². The highest BCUT2D eigenvalue weighted by atomic mass is 32.1. The number of nitrogens with two attached hydrogens (primary N) is 1.